The number of H-pyrrole nitrogens is 1. The Morgan fingerprint density at radius 2 is 2.12 bits per heavy atom. The van der Waals surface area contributed by atoms with Gasteiger partial charge < -0.3 is 4.98 Å². The van der Waals surface area contributed by atoms with Crippen molar-refractivity contribution in [2.45, 2.75) is 39.0 Å². The van der Waals surface area contributed by atoms with Gasteiger partial charge >= 0.3 is 0 Å². The Bertz CT molecular complexity index is 462. The first-order chi connectivity index (χ1) is 7.79. The van der Waals surface area contributed by atoms with Gasteiger partial charge in [0.15, 0.2) is 0 Å². The van der Waals surface area contributed by atoms with E-state index in [2.05, 4.69) is 16.9 Å². The van der Waals surface area contributed by atoms with Crippen molar-refractivity contribution in [1.82, 2.24) is 9.97 Å². The van der Waals surface area contributed by atoms with E-state index in [1.165, 1.54) is 31.4 Å². The highest BCUT2D eigenvalue weighted by molar-refractivity contribution is 5.74. The SMILES string of the molecule is CCCCCCc1nc2ccc(F)cc2[nH]1. The lowest BCUT2D eigenvalue weighted by atomic mass is 10.1. The lowest BCUT2D eigenvalue weighted by Crippen LogP contribution is -1.87. The van der Waals surface area contributed by atoms with Crippen LogP contribution in [0, 0.1) is 5.82 Å². The Morgan fingerprint density at radius 3 is 2.94 bits per heavy atom. The molecule has 0 saturated carbocycles. The van der Waals surface area contributed by atoms with Gasteiger partial charge in [-0.1, -0.05) is 26.2 Å². The van der Waals surface area contributed by atoms with Gasteiger partial charge in [0.2, 0.25) is 0 Å². The summed E-state index contributed by atoms with van der Waals surface area (Å²) in [6.07, 6.45) is 5.86. The average molecular weight is 220 g/mol. The summed E-state index contributed by atoms with van der Waals surface area (Å²) in [5, 5.41) is 0. The normalized spacial score (nSPS) is 11.1. The molecule has 86 valence electrons. The van der Waals surface area contributed by atoms with Gasteiger partial charge in [0, 0.05) is 6.42 Å². The molecule has 0 unspecified atom stereocenters. The Hall–Kier alpha value is -1.38. The maximum atomic E-state index is 13.0. The van der Waals surface area contributed by atoms with Crippen molar-refractivity contribution in [1.29, 1.82) is 0 Å². The van der Waals surface area contributed by atoms with Crippen molar-refractivity contribution in [3.05, 3.63) is 29.8 Å². The Morgan fingerprint density at radius 1 is 1.25 bits per heavy atom. The molecule has 0 fully saturated rings. The predicted octanol–water partition coefficient (Wildman–Crippen LogP) is 3.82. The number of hydrogen-bond acceptors (Lipinski definition) is 1. The third-order valence-electron chi connectivity index (χ3n) is 2.76. The Labute approximate surface area is 94.9 Å². The highest BCUT2D eigenvalue weighted by Crippen LogP contribution is 2.14. The van der Waals surface area contributed by atoms with E-state index in [1.54, 1.807) is 6.07 Å². The second-order valence-corrected chi connectivity index (χ2v) is 4.16. The van der Waals surface area contributed by atoms with Crippen LogP contribution in [0.2, 0.25) is 0 Å². The van der Waals surface area contributed by atoms with Crippen LogP contribution in [0.5, 0.6) is 0 Å². The van der Waals surface area contributed by atoms with Crippen LogP contribution in [0.1, 0.15) is 38.4 Å². The molecule has 0 bridgehead atoms. The number of imidazole rings is 1. The van der Waals surface area contributed by atoms with E-state index in [0.717, 1.165) is 29.7 Å². The highest BCUT2D eigenvalue weighted by atomic mass is 19.1. The molecule has 2 aromatic rings. The topological polar surface area (TPSA) is 28.7 Å². The highest BCUT2D eigenvalue weighted by Gasteiger charge is 2.03. The molecule has 0 amide bonds. The predicted molar refractivity (Wildman–Crippen MR) is 63.9 cm³/mol. The monoisotopic (exact) mass is 220 g/mol. The standard InChI is InChI=1S/C13H17FN2/c1-2-3-4-5-6-13-15-11-8-7-10(14)9-12(11)16-13/h7-9H,2-6H2,1H3,(H,15,16). The lowest BCUT2D eigenvalue weighted by Gasteiger charge is -1.95. The number of unbranched alkanes of at least 4 members (excludes halogenated alkanes) is 3. The fraction of sp³-hybridized carbons (Fsp3) is 0.462. The minimum Gasteiger partial charge on any atom is -0.342 e. The molecule has 1 aromatic heterocycles. The van der Waals surface area contributed by atoms with E-state index in [0.29, 0.717) is 0 Å². The van der Waals surface area contributed by atoms with Gasteiger partial charge in [-0.05, 0) is 24.6 Å². The van der Waals surface area contributed by atoms with Gasteiger partial charge in [0.05, 0.1) is 11.0 Å². The van der Waals surface area contributed by atoms with Gasteiger partial charge in [0.1, 0.15) is 11.6 Å². The quantitative estimate of drug-likeness (QED) is 0.762. The molecule has 2 nitrogen and oxygen atoms in total. The first-order valence-electron chi connectivity index (χ1n) is 5.93. The summed E-state index contributed by atoms with van der Waals surface area (Å²) in [6, 6.07) is 4.67. The number of aryl methyl sites for hydroxylation is 1. The number of hydrogen-bond donors (Lipinski definition) is 1. The van der Waals surface area contributed by atoms with E-state index >= 15 is 0 Å². The van der Waals surface area contributed by atoms with Crippen LogP contribution in [0.25, 0.3) is 11.0 Å². The molecule has 0 radical (unpaired) electrons. The molecule has 0 spiro atoms. The third kappa shape index (κ3) is 2.60. The summed E-state index contributed by atoms with van der Waals surface area (Å²) in [5.74, 6) is 0.755. The summed E-state index contributed by atoms with van der Waals surface area (Å²) < 4.78 is 13.0. The number of rotatable bonds is 5. The van der Waals surface area contributed by atoms with Crippen molar-refractivity contribution in [2.75, 3.05) is 0 Å². The second kappa shape index (κ2) is 5.10. The van der Waals surface area contributed by atoms with Crippen molar-refractivity contribution < 1.29 is 4.39 Å². The first kappa shape index (κ1) is 11.1. The summed E-state index contributed by atoms with van der Waals surface area (Å²) in [4.78, 5) is 7.59. The van der Waals surface area contributed by atoms with Crippen molar-refractivity contribution in [2.24, 2.45) is 0 Å². The van der Waals surface area contributed by atoms with Crippen LogP contribution in [-0.2, 0) is 6.42 Å². The molecule has 0 saturated heterocycles. The Kier molecular flexibility index (Phi) is 3.54. The summed E-state index contributed by atoms with van der Waals surface area (Å²) in [5.41, 5.74) is 1.65. The largest absolute Gasteiger partial charge is 0.342 e. The molecule has 1 N–H and O–H groups in total. The number of nitrogens with one attached hydrogen (secondary N) is 1. The second-order valence-electron chi connectivity index (χ2n) is 4.16. The first-order valence-corrected chi connectivity index (χ1v) is 5.93. The fourth-order valence-electron chi connectivity index (χ4n) is 1.87. The number of benzene rings is 1. The molecule has 2 rings (SSSR count). The van der Waals surface area contributed by atoms with Gasteiger partial charge in [0.25, 0.3) is 0 Å². The van der Waals surface area contributed by atoms with E-state index in [9.17, 15) is 4.39 Å². The maximum Gasteiger partial charge on any atom is 0.125 e. The summed E-state index contributed by atoms with van der Waals surface area (Å²) in [7, 11) is 0. The van der Waals surface area contributed by atoms with Crippen molar-refractivity contribution in [3.8, 4) is 0 Å². The van der Waals surface area contributed by atoms with Crippen LogP contribution >= 0.6 is 0 Å². The van der Waals surface area contributed by atoms with E-state index in [4.69, 9.17) is 0 Å². The zero-order chi connectivity index (χ0) is 11.4. The molecule has 0 aliphatic heterocycles. The minimum atomic E-state index is -0.214. The van der Waals surface area contributed by atoms with Gasteiger partial charge in [-0.2, -0.15) is 0 Å². The summed E-state index contributed by atoms with van der Waals surface area (Å²) >= 11 is 0. The fourth-order valence-corrected chi connectivity index (χ4v) is 1.87. The molecule has 16 heavy (non-hydrogen) atoms. The molecule has 0 aliphatic rings. The van der Waals surface area contributed by atoms with Crippen molar-refractivity contribution >= 4 is 11.0 Å². The number of aromatic nitrogens is 2. The number of fused-ring (bicyclic) bond motifs is 1. The molecule has 1 heterocycles. The molecular weight excluding hydrogens is 203 g/mol. The zero-order valence-electron chi connectivity index (χ0n) is 9.59. The van der Waals surface area contributed by atoms with Crippen LogP contribution in [0.15, 0.2) is 18.2 Å². The Balaban J connectivity index is 2.02. The maximum absolute atomic E-state index is 13.0. The van der Waals surface area contributed by atoms with E-state index in [-0.39, 0.29) is 5.82 Å². The lowest BCUT2D eigenvalue weighted by molar-refractivity contribution is 0.629. The molecule has 3 heteroatoms. The van der Waals surface area contributed by atoms with Gasteiger partial charge in [-0.3, -0.25) is 0 Å². The number of nitrogens with zero attached hydrogens (tertiary/aromatic N) is 1. The van der Waals surface area contributed by atoms with Crippen molar-refractivity contribution in [3.63, 3.8) is 0 Å². The van der Waals surface area contributed by atoms with E-state index in [1.807, 2.05) is 0 Å². The smallest absolute Gasteiger partial charge is 0.125 e. The summed E-state index contributed by atoms with van der Waals surface area (Å²) in [6.45, 7) is 2.20. The number of halogens is 1. The number of aromatic amines is 1. The molecular formula is C13H17FN2. The molecule has 0 aliphatic carbocycles. The van der Waals surface area contributed by atoms with Crippen LogP contribution < -0.4 is 0 Å². The zero-order valence-corrected chi connectivity index (χ0v) is 9.59. The van der Waals surface area contributed by atoms with Gasteiger partial charge in [-0.25, -0.2) is 9.37 Å². The van der Waals surface area contributed by atoms with Gasteiger partial charge in [-0.15, -0.1) is 0 Å². The minimum absolute atomic E-state index is 0.214. The molecule has 1 aromatic carbocycles. The van der Waals surface area contributed by atoms with Crippen LogP contribution in [-0.4, -0.2) is 9.97 Å². The van der Waals surface area contributed by atoms with Crippen LogP contribution in [0.4, 0.5) is 4.39 Å². The molecule has 0 atom stereocenters. The average Bonchev–Trinajstić information content (AvgIpc) is 2.66. The third-order valence-corrected chi connectivity index (χ3v) is 2.76. The van der Waals surface area contributed by atoms with E-state index < -0.39 is 0 Å². The van der Waals surface area contributed by atoms with Crippen LogP contribution in [0.3, 0.4) is 0 Å².